The topological polar surface area (TPSA) is 69.2 Å². The van der Waals surface area contributed by atoms with E-state index in [4.69, 9.17) is 0 Å². The number of aromatic nitrogens is 3. The highest BCUT2D eigenvalue weighted by Crippen LogP contribution is 2.23. The third kappa shape index (κ3) is 4.22. The van der Waals surface area contributed by atoms with E-state index in [1.807, 2.05) is 0 Å². The molecule has 1 saturated heterocycles. The van der Waals surface area contributed by atoms with Gasteiger partial charge < -0.3 is 20.4 Å². The molecule has 138 valence electrons. The van der Waals surface area contributed by atoms with Crippen molar-refractivity contribution in [1.82, 2.24) is 20.1 Å². The van der Waals surface area contributed by atoms with E-state index >= 15 is 0 Å². The molecule has 2 N–H and O–H groups in total. The van der Waals surface area contributed by atoms with Gasteiger partial charge in [-0.05, 0) is 44.2 Å². The van der Waals surface area contributed by atoms with Crippen molar-refractivity contribution in [1.29, 1.82) is 0 Å². The molecule has 2 aliphatic rings. The van der Waals surface area contributed by atoms with E-state index in [0.717, 1.165) is 31.9 Å². The van der Waals surface area contributed by atoms with E-state index in [2.05, 4.69) is 66.9 Å². The third-order valence-electron chi connectivity index (χ3n) is 5.26. The fourth-order valence-corrected chi connectivity index (χ4v) is 3.65. The maximum absolute atomic E-state index is 4.54. The van der Waals surface area contributed by atoms with Crippen LogP contribution in [-0.2, 0) is 0 Å². The third-order valence-corrected chi connectivity index (χ3v) is 5.26. The van der Waals surface area contributed by atoms with Gasteiger partial charge in [0.15, 0.2) is 5.82 Å². The predicted molar refractivity (Wildman–Crippen MR) is 105 cm³/mol. The maximum Gasteiger partial charge on any atom is 0.244 e. The molecule has 1 aromatic carbocycles. The van der Waals surface area contributed by atoms with Crippen LogP contribution in [-0.4, -0.2) is 59.3 Å². The van der Waals surface area contributed by atoms with Crippen molar-refractivity contribution in [3.8, 4) is 0 Å². The highest BCUT2D eigenvalue weighted by Gasteiger charge is 2.16. The Balaban J connectivity index is 1.37. The van der Waals surface area contributed by atoms with Crippen LogP contribution < -0.4 is 15.5 Å². The number of hydrogen-bond acceptors (Lipinski definition) is 7. The lowest BCUT2D eigenvalue weighted by atomic mass is 10.2. The van der Waals surface area contributed by atoms with Crippen molar-refractivity contribution in [3.05, 3.63) is 30.5 Å². The number of benzene rings is 1. The molecule has 2 heterocycles. The number of rotatable bonds is 5. The van der Waals surface area contributed by atoms with Crippen molar-refractivity contribution in [3.63, 3.8) is 0 Å². The van der Waals surface area contributed by atoms with Gasteiger partial charge >= 0.3 is 0 Å². The SMILES string of the molecule is CN1CCN(c2ccc(Nc3cnnc(NC4CCCC4)n3)cc2)CC1. The standard InChI is InChI=1S/C19H27N7/c1-25-10-12-26(13-11-25)17-8-6-16(7-9-17)21-18-14-20-24-19(23-18)22-15-4-2-3-5-15/h6-9,14-15H,2-5,10-13H2,1H3,(H2,21,22,23,24). The molecule has 7 nitrogen and oxygen atoms in total. The summed E-state index contributed by atoms with van der Waals surface area (Å²) in [5.41, 5.74) is 2.28. The summed E-state index contributed by atoms with van der Waals surface area (Å²) in [7, 11) is 2.18. The van der Waals surface area contributed by atoms with Gasteiger partial charge in [-0.3, -0.25) is 0 Å². The number of piperazine rings is 1. The summed E-state index contributed by atoms with van der Waals surface area (Å²) in [4.78, 5) is 9.34. The second-order valence-corrected chi connectivity index (χ2v) is 7.25. The average Bonchev–Trinajstić information content (AvgIpc) is 3.16. The molecule has 1 aromatic heterocycles. The van der Waals surface area contributed by atoms with Gasteiger partial charge in [0.2, 0.25) is 5.95 Å². The van der Waals surface area contributed by atoms with Gasteiger partial charge in [0.25, 0.3) is 0 Å². The molecule has 0 bridgehead atoms. The van der Waals surface area contributed by atoms with Crippen molar-refractivity contribution in [2.75, 3.05) is 48.8 Å². The molecule has 26 heavy (non-hydrogen) atoms. The summed E-state index contributed by atoms with van der Waals surface area (Å²) < 4.78 is 0. The van der Waals surface area contributed by atoms with E-state index < -0.39 is 0 Å². The van der Waals surface area contributed by atoms with Crippen LogP contribution in [0.15, 0.2) is 30.5 Å². The lowest BCUT2D eigenvalue weighted by Gasteiger charge is -2.34. The molecule has 1 saturated carbocycles. The van der Waals surface area contributed by atoms with Crippen molar-refractivity contribution < 1.29 is 0 Å². The van der Waals surface area contributed by atoms with Crippen LogP contribution >= 0.6 is 0 Å². The maximum atomic E-state index is 4.54. The minimum Gasteiger partial charge on any atom is -0.369 e. The summed E-state index contributed by atoms with van der Waals surface area (Å²) in [5, 5.41) is 14.9. The van der Waals surface area contributed by atoms with E-state index in [-0.39, 0.29) is 0 Å². The summed E-state index contributed by atoms with van der Waals surface area (Å²) in [5.74, 6) is 1.32. The largest absolute Gasteiger partial charge is 0.369 e. The Bertz CT molecular complexity index is 704. The van der Waals surface area contributed by atoms with Gasteiger partial charge in [-0.2, -0.15) is 10.1 Å². The Morgan fingerprint density at radius 3 is 2.46 bits per heavy atom. The Labute approximate surface area is 154 Å². The smallest absolute Gasteiger partial charge is 0.244 e. The summed E-state index contributed by atoms with van der Waals surface area (Å²) in [6, 6.07) is 9.01. The van der Waals surface area contributed by atoms with Crippen LogP contribution in [0, 0.1) is 0 Å². The Morgan fingerprint density at radius 1 is 1.00 bits per heavy atom. The first kappa shape index (κ1) is 17.0. The highest BCUT2D eigenvalue weighted by molar-refractivity contribution is 5.61. The Kier molecular flexibility index (Phi) is 5.15. The lowest BCUT2D eigenvalue weighted by Crippen LogP contribution is -2.44. The molecule has 4 rings (SSSR count). The van der Waals surface area contributed by atoms with E-state index in [1.165, 1.54) is 31.4 Å². The fourth-order valence-electron chi connectivity index (χ4n) is 3.65. The van der Waals surface area contributed by atoms with Crippen LogP contribution in [0.4, 0.5) is 23.1 Å². The van der Waals surface area contributed by atoms with Gasteiger partial charge in [-0.1, -0.05) is 12.8 Å². The molecule has 0 atom stereocenters. The molecule has 0 radical (unpaired) electrons. The fraction of sp³-hybridized carbons (Fsp3) is 0.526. The van der Waals surface area contributed by atoms with Crippen LogP contribution in [0.3, 0.4) is 0 Å². The van der Waals surface area contributed by atoms with E-state index in [9.17, 15) is 0 Å². The lowest BCUT2D eigenvalue weighted by molar-refractivity contribution is 0.313. The first-order valence-corrected chi connectivity index (χ1v) is 9.53. The average molecular weight is 353 g/mol. The number of hydrogen-bond donors (Lipinski definition) is 2. The second-order valence-electron chi connectivity index (χ2n) is 7.25. The van der Waals surface area contributed by atoms with Gasteiger partial charge in [0.1, 0.15) is 0 Å². The number of nitrogens with zero attached hydrogens (tertiary/aromatic N) is 5. The van der Waals surface area contributed by atoms with Gasteiger partial charge in [-0.25, -0.2) is 0 Å². The number of likely N-dealkylation sites (N-methyl/N-ethyl adjacent to an activating group) is 1. The zero-order valence-corrected chi connectivity index (χ0v) is 15.4. The highest BCUT2D eigenvalue weighted by atomic mass is 15.3. The Morgan fingerprint density at radius 2 is 1.73 bits per heavy atom. The molecular weight excluding hydrogens is 326 g/mol. The van der Waals surface area contributed by atoms with E-state index in [0.29, 0.717) is 17.8 Å². The van der Waals surface area contributed by atoms with Crippen LogP contribution in [0.1, 0.15) is 25.7 Å². The van der Waals surface area contributed by atoms with Crippen LogP contribution in [0.2, 0.25) is 0 Å². The summed E-state index contributed by atoms with van der Waals surface area (Å²) in [6.07, 6.45) is 6.60. The van der Waals surface area contributed by atoms with Crippen molar-refractivity contribution in [2.45, 2.75) is 31.7 Å². The number of nitrogens with one attached hydrogen (secondary N) is 2. The Hall–Kier alpha value is -2.41. The number of anilines is 4. The molecule has 0 amide bonds. The molecule has 1 aliphatic carbocycles. The monoisotopic (exact) mass is 353 g/mol. The zero-order valence-electron chi connectivity index (χ0n) is 15.4. The molecule has 0 spiro atoms. The molecule has 1 aliphatic heterocycles. The van der Waals surface area contributed by atoms with E-state index in [1.54, 1.807) is 6.20 Å². The van der Waals surface area contributed by atoms with Gasteiger partial charge in [-0.15, -0.1) is 5.10 Å². The summed E-state index contributed by atoms with van der Waals surface area (Å²) >= 11 is 0. The van der Waals surface area contributed by atoms with Crippen molar-refractivity contribution >= 4 is 23.1 Å². The predicted octanol–water partition coefficient (Wildman–Crippen LogP) is 2.72. The van der Waals surface area contributed by atoms with Crippen LogP contribution in [0.25, 0.3) is 0 Å². The van der Waals surface area contributed by atoms with Gasteiger partial charge in [0, 0.05) is 43.6 Å². The minimum absolute atomic E-state index is 0.481. The molecular formula is C19H27N7. The molecule has 2 aromatic rings. The quantitative estimate of drug-likeness (QED) is 0.856. The van der Waals surface area contributed by atoms with Crippen molar-refractivity contribution in [2.24, 2.45) is 0 Å². The molecule has 0 unspecified atom stereocenters. The minimum atomic E-state index is 0.481. The van der Waals surface area contributed by atoms with Gasteiger partial charge in [0.05, 0.1) is 6.20 Å². The second kappa shape index (κ2) is 7.86. The first-order chi connectivity index (χ1) is 12.8. The summed E-state index contributed by atoms with van der Waals surface area (Å²) in [6.45, 7) is 4.39. The van der Waals surface area contributed by atoms with Crippen LogP contribution in [0.5, 0.6) is 0 Å². The normalized spacial score (nSPS) is 18.9. The molecule has 7 heteroatoms. The zero-order chi connectivity index (χ0) is 17.8. The molecule has 2 fully saturated rings. The first-order valence-electron chi connectivity index (χ1n) is 9.53.